The fourth-order valence-electron chi connectivity index (χ4n) is 2.67. The van der Waals surface area contributed by atoms with Crippen molar-refractivity contribution in [3.63, 3.8) is 0 Å². The highest BCUT2D eigenvalue weighted by atomic mass is 79.9. The summed E-state index contributed by atoms with van der Waals surface area (Å²) >= 11 is 3.20. The van der Waals surface area contributed by atoms with Crippen LogP contribution < -0.4 is 0 Å². The first-order valence-electron chi connectivity index (χ1n) is 6.86. The smallest absolute Gasteiger partial charge is 0.256 e. The molecule has 1 aromatic carbocycles. The number of hydrogen-bond donors (Lipinski definition) is 0. The Kier molecular flexibility index (Phi) is 4.97. The molecule has 0 aliphatic carbocycles. The maximum Gasteiger partial charge on any atom is 0.256 e. The van der Waals surface area contributed by atoms with Gasteiger partial charge in [-0.15, -0.1) is 0 Å². The predicted molar refractivity (Wildman–Crippen MR) is 77.6 cm³/mol. The quantitative estimate of drug-likeness (QED) is 0.813. The molecule has 0 N–H and O–H groups in total. The number of amides is 1. The van der Waals surface area contributed by atoms with Gasteiger partial charge in [-0.1, -0.05) is 35.7 Å². The van der Waals surface area contributed by atoms with Gasteiger partial charge in [-0.05, 0) is 37.0 Å². The first-order valence-corrected chi connectivity index (χ1v) is 7.65. The van der Waals surface area contributed by atoms with Crippen LogP contribution in [-0.2, 0) is 0 Å². The molecule has 0 aromatic heterocycles. The zero-order valence-electron chi connectivity index (χ0n) is 11.2. The van der Waals surface area contributed by atoms with E-state index < -0.39 is 5.82 Å². The summed E-state index contributed by atoms with van der Waals surface area (Å²) < 4.78 is 14.4. The molecule has 1 fully saturated rings. The molecule has 0 atom stereocenters. The fraction of sp³-hybridized carbons (Fsp3) is 0.533. The van der Waals surface area contributed by atoms with E-state index in [1.165, 1.54) is 18.9 Å². The molecule has 2 nitrogen and oxygen atoms in total. The molecule has 104 valence electrons. The Balaban J connectivity index is 2.01. The Morgan fingerprint density at radius 3 is 2.68 bits per heavy atom. The standard InChI is InChI=1S/C15H19BrFNO/c1-2-3-11-6-8-18(9-7-11)15(19)13-5-4-12(16)10-14(13)17/h4-5,10-11H,2-3,6-9H2,1H3. The third-order valence-electron chi connectivity index (χ3n) is 3.76. The summed E-state index contributed by atoms with van der Waals surface area (Å²) in [5.41, 5.74) is 0.178. The molecule has 1 heterocycles. The van der Waals surface area contributed by atoms with Crippen molar-refractivity contribution in [1.29, 1.82) is 0 Å². The van der Waals surface area contributed by atoms with Crippen LogP contribution in [0, 0.1) is 11.7 Å². The van der Waals surface area contributed by atoms with Crippen molar-refractivity contribution in [2.24, 2.45) is 5.92 Å². The van der Waals surface area contributed by atoms with Crippen LogP contribution in [0.15, 0.2) is 22.7 Å². The lowest BCUT2D eigenvalue weighted by molar-refractivity contribution is 0.0682. The maximum absolute atomic E-state index is 13.8. The summed E-state index contributed by atoms with van der Waals surface area (Å²) in [5, 5.41) is 0. The minimum absolute atomic E-state index is 0.178. The lowest BCUT2D eigenvalue weighted by atomic mass is 9.92. The van der Waals surface area contributed by atoms with E-state index in [4.69, 9.17) is 0 Å². The largest absolute Gasteiger partial charge is 0.339 e. The van der Waals surface area contributed by atoms with Crippen molar-refractivity contribution in [2.75, 3.05) is 13.1 Å². The molecule has 0 bridgehead atoms. The van der Waals surface area contributed by atoms with E-state index in [9.17, 15) is 9.18 Å². The highest BCUT2D eigenvalue weighted by Gasteiger charge is 2.24. The number of piperidine rings is 1. The highest BCUT2D eigenvalue weighted by Crippen LogP contribution is 2.24. The van der Waals surface area contributed by atoms with Crippen LogP contribution in [0.1, 0.15) is 43.0 Å². The second-order valence-electron chi connectivity index (χ2n) is 5.15. The molecule has 1 aliphatic heterocycles. The van der Waals surface area contributed by atoms with E-state index in [1.807, 2.05) is 0 Å². The van der Waals surface area contributed by atoms with Gasteiger partial charge >= 0.3 is 0 Å². The molecular weight excluding hydrogens is 309 g/mol. The van der Waals surface area contributed by atoms with Crippen LogP contribution in [0.5, 0.6) is 0 Å². The fourth-order valence-corrected chi connectivity index (χ4v) is 3.00. The Labute approximate surface area is 122 Å². The van der Waals surface area contributed by atoms with Gasteiger partial charge in [-0.25, -0.2) is 4.39 Å². The van der Waals surface area contributed by atoms with E-state index in [2.05, 4.69) is 22.9 Å². The second-order valence-corrected chi connectivity index (χ2v) is 6.06. The van der Waals surface area contributed by atoms with Crippen molar-refractivity contribution in [3.8, 4) is 0 Å². The van der Waals surface area contributed by atoms with Crippen LogP contribution in [0.2, 0.25) is 0 Å². The first-order chi connectivity index (χ1) is 9.11. The van der Waals surface area contributed by atoms with Gasteiger partial charge in [0.15, 0.2) is 0 Å². The maximum atomic E-state index is 13.8. The van der Waals surface area contributed by atoms with Crippen LogP contribution >= 0.6 is 15.9 Å². The number of benzene rings is 1. The van der Waals surface area contributed by atoms with E-state index in [1.54, 1.807) is 17.0 Å². The summed E-state index contributed by atoms with van der Waals surface area (Å²) in [4.78, 5) is 14.0. The molecule has 19 heavy (non-hydrogen) atoms. The van der Waals surface area contributed by atoms with Gasteiger partial charge in [-0.2, -0.15) is 0 Å². The Morgan fingerprint density at radius 2 is 2.11 bits per heavy atom. The lowest BCUT2D eigenvalue weighted by Crippen LogP contribution is -2.38. The second kappa shape index (κ2) is 6.51. The molecule has 0 saturated carbocycles. The molecular formula is C15H19BrFNO. The minimum atomic E-state index is -0.449. The van der Waals surface area contributed by atoms with Crippen LogP contribution in [-0.4, -0.2) is 23.9 Å². The summed E-state index contributed by atoms with van der Waals surface area (Å²) in [5.74, 6) is 0.0961. The molecule has 0 radical (unpaired) electrons. The van der Waals surface area contributed by atoms with Crippen molar-refractivity contribution < 1.29 is 9.18 Å². The molecule has 1 amide bonds. The minimum Gasteiger partial charge on any atom is -0.339 e. The number of carbonyl (C=O) groups is 1. The van der Waals surface area contributed by atoms with Crippen molar-refractivity contribution in [3.05, 3.63) is 34.1 Å². The molecule has 1 saturated heterocycles. The van der Waals surface area contributed by atoms with Gasteiger partial charge < -0.3 is 4.90 Å². The van der Waals surface area contributed by atoms with Crippen molar-refractivity contribution in [1.82, 2.24) is 4.90 Å². The normalized spacial score (nSPS) is 16.7. The van der Waals surface area contributed by atoms with Gasteiger partial charge in [-0.3, -0.25) is 4.79 Å². The number of carbonyl (C=O) groups excluding carboxylic acids is 1. The summed E-state index contributed by atoms with van der Waals surface area (Å²) in [7, 11) is 0. The predicted octanol–water partition coefficient (Wildman–Crippen LogP) is 4.24. The van der Waals surface area contributed by atoms with Crippen LogP contribution in [0.3, 0.4) is 0 Å². The Bertz CT molecular complexity index is 455. The van der Waals surface area contributed by atoms with Gasteiger partial charge in [0, 0.05) is 17.6 Å². The monoisotopic (exact) mass is 327 g/mol. The highest BCUT2D eigenvalue weighted by molar-refractivity contribution is 9.10. The number of nitrogens with zero attached hydrogens (tertiary/aromatic N) is 1. The van der Waals surface area contributed by atoms with E-state index in [0.717, 1.165) is 31.8 Å². The first kappa shape index (κ1) is 14.5. The van der Waals surface area contributed by atoms with Crippen molar-refractivity contribution >= 4 is 21.8 Å². The number of rotatable bonds is 3. The molecule has 1 aliphatic rings. The van der Waals surface area contributed by atoms with Crippen molar-refractivity contribution in [2.45, 2.75) is 32.6 Å². The summed E-state index contributed by atoms with van der Waals surface area (Å²) in [6.07, 6.45) is 4.50. The van der Waals surface area contributed by atoms with Crippen LogP contribution in [0.4, 0.5) is 4.39 Å². The zero-order chi connectivity index (χ0) is 13.8. The van der Waals surface area contributed by atoms with Gasteiger partial charge in [0.2, 0.25) is 0 Å². The average molecular weight is 328 g/mol. The van der Waals surface area contributed by atoms with Gasteiger partial charge in [0.1, 0.15) is 5.82 Å². The van der Waals surface area contributed by atoms with E-state index in [-0.39, 0.29) is 11.5 Å². The van der Waals surface area contributed by atoms with Gasteiger partial charge in [0.25, 0.3) is 5.91 Å². The molecule has 2 rings (SSSR count). The Hall–Kier alpha value is -0.900. The van der Waals surface area contributed by atoms with Crippen LogP contribution in [0.25, 0.3) is 0 Å². The Morgan fingerprint density at radius 1 is 1.42 bits per heavy atom. The summed E-state index contributed by atoms with van der Waals surface area (Å²) in [6, 6.07) is 4.61. The topological polar surface area (TPSA) is 20.3 Å². The molecule has 1 aromatic rings. The zero-order valence-corrected chi connectivity index (χ0v) is 12.7. The third kappa shape index (κ3) is 3.56. The van der Waals surface area contributed by atoms with Gasteiger partial charge in [0.05, 0.1) is 5.56 Å². The van der Waals surface area contributed by atoms with E-state index in [0.29, 0.717) is 4.47 Å². The number of halogens is 2. The number of hydrogen-bond acceptors (Lipinski definition) is 1. The number of likely N-dealkylation sites (tertiary alicyclic amines) is 1. The SMILES string of the molecule is CCCC1CCN(C(=O)c2ccc(Br)cc2F)CC1. The molecule has 0 unspecified atom stereocenters. The van der Waals surface area contributed by atoms with E-state index >= 15 is 0 Å². The lowest BCUT2D eigenvalue weighted by Gasteiger charge is -2.32. The third-order valence-corrected chi connectivity index (χ3v) is 4.25. The summed E-state index contributed by atoms with van der Waals surface area (Å²) in [6.45, 7) is 3.69. The average Bonchev–Trinajstić information content (AvgIpc) is 2.39. The molecule has 4 heteroatoms. The molecule has 0 spiro atoms.